The second-order valence-corrected chi connectivity index (χ2v) is 7.34. The van der Waals surface area contributed by atoms with E-state index in [9.17, 15) is 13.2 Å². The molecule has 0 bridgehead atoms. The summed E-state index contributed by atoms with van der Waals surface area (Å²) in [5.74, 6) is 0.539. The fraction of sp³-hybridized carbons (Fsp3) is 0.476. The average molecular weight is 563 g/mol. The highest BCUT2D eigenvalue weighted by Gasteiger charge is 2.32. The lowest BCUT2D eigenvalue weighted by atomic mass is 10.1. The van der Waals surface area contributed by atoms with Crippen molar-refractivity contribution in [2.45, 2.75) is 32.0 Å². The quantitative estimate of drug-likeness (QED) is 0.204. The third-order valence-electron chi connectivity index (χ3n) is 5.06. The number of guanidine groups is 1. The molecule has 7 nitrogen and oxygen atoms in total. The lowest BCUT2D eigenvalue weighted by Gasteiger charge is -2.22. The first-order valence-electron chi connectivity index (χ1n) is 10.3. The van der Waals surface area contributed by atoms with Gasteiger partial charge in [-0.2, -0.15) is 13.2 Å². The monoisotopic (exact) mass is 563 g/mol. The molecule has 0 spiro atoms. The molecule has 11 heteroatoms. The predicted octanol–water partition coefficient (Wildman–Crippen LogP) is 4.05. The SMILES string of the molecule is CN=C(NCCNc1nccc(C(F)(F)F)n1)NC(C)c1cccc(N2CCCC2)c1.I. The first-order valence-corrected chi connectivity index (χ1v) is 10.3. The number of aromatic nitrogens is 2. The van der Waals surface area contributed by atoms with Gasteiger partial charge in [0.15, 0.2) is 5.96 Å². The number of aliphatic imine (C=N–C) groups is 1. The van der Waals surface area contributed by atoms with E-state index >= 15 is 0 Å². The number of nitrogens with zero attached hydrogens (tertiary/aromatic N) is 4. The zero-order chi connectivity index (χ0) is 22.3. The van der Waals surface area contributed by atoms with E-state index < -0.39 is 11.9 Å². The number of alkyl halides is 3. The molecule has 2 heterocycles. The molecule has 176 valence electrons. The molecule has 1 atom stereocenters. The van der Waals surface area contributed by atoms with Crippen LogP contribution in [0.1, 0.15) is 37.1 Å². The summed E-state index contributed by atoms with van der Waals surface area (Å²) in [6, 6.07) is 9.36. The average Bonchev–Trinajstić information content (AvgIpc) is 3.30. The van der Waals surface area contributed by atoms with Gasteiger partial charge in [0.1, 0.15) is 5.69 Å². The van der Waals surface area contributed by atoms with Gasteiger partial charge in [-0.05, 0) is 43.5 Å². The van der Waals surface area contributed by atoms with Crippen LogP contribution in [0.4, 0.5) is 24.8 Å². The van der Waals surface area contributed by atoms with Crippen molar-refractivity contribution < 1.29 is 13.2 Å². The Kier molecular flexibility index (Phi) is 9.79. The lowest BCUT2D eigenvalue weighted by Crippen LogP contribution is -2.40. The standard InChI is InChI=1S/C21H28F3N7.HI/c1-15(16-6-5-7-17(14-16)31-12-3-4-13-31)29-19(25-2)27-10-11-28-20-26-9-8-18(30-20)21(22,23)24;/h5-9,14-15H,3-4,10-13H2,1-2H3,(H2,25,27,29)(H,26,28,30);1H. The second kappa shape index (κ2) is 12.1. The van der Waals surface area contributed by atoms with Crippen LogP contribution >= 0.6 is 24.0 Å². The van der Waals surface area contributed by atoms with Gasteiger partial charge in [0, 0.05) is 45.1 Å². The Balaban J connectivity index is 0.00000363. The summed E-state index contributed by atoms with van der Waals surface area (Å²) in [5, 5.41) is 9.27. The maximum Gasteiger partial charge on any atom is 0.433 e. The van der Waals surface area contributed by atoms with Crippen molar-refractivity contribution in [3.8, 4) is 0 Å². The van der Waals surface area contributed by atoms with Crippen LogP contribution in [0.15, 0.2) is 41.5 Å². The zero-order valence-electron chi connectivity index (χ0n) is 18.1. The molecular formula is C21H29F3IN7. The molecule has 3 rings (SSSR count). The van der Waals surface area contributed by atoms with Gasteiger partial charge in [0.2, 0.25) is 5.95 Å². The molecule has 2 aromatic rings. The van der Waals surface area contributed by atoms with Crippen LogP contribution in [0.2, 0.25) is 0 Å². The third kappa shape index (κ3) is 7.38. The van der Waals surface area contributed by atoms with E-state index in [0.29, 0.717) is 19.0 Å². The number of halogens is 4. The van der Waals surface area contributed by atoms with Gasteiger partial charge in [-0.1, -0.05) is 12.1 Å². The number of rotatable bonds is 7. The summed E-state index contributed by atoms with van der Waals surface area (Å²) in [6.45, 7) is 5.01. The van der Waals surface area contributed by atoms with Crippen LogP contribution in [-0.2, 0) is 6.18 Å². The van der Waals surface area contributed by atoms with E-state index in [-0.39, 0.29) is 36.0 Å². The van der Waals surface area contributed by atoms with Gasteiger partial charge in [0.05, 0.1) is 6.04 Å². The van der Waals surface area contributed by atoms with Crippen molar-refractivity contribution in [1.29, 1.82) is 0 Å². The van der Waals surface area contributed by atoms with E-state index in [1.54, 1.807) is 7.05 Å². The minimum absolute atomic E-state index is 0. The van der Waals surface area contributed by atoms with Crippen LogP contribution in [0.5, 0.6) is 0 Å². The van der Waals surface area contributed by atoms with Crippen molar-refractivity contribution in [3.05, 3.63) is 47.8 Å². The maximum atomic E-state index is 12.7. The first kappa shape index (κ1) is 25.9. The Labute approximate surface area is 203 Å². The third-order valence-corrected chi connectivity index (χ3v) is 5.06. The molecular weight excluding hydrogens is 534 g/mol. The van der Waals surface area contributed by atoms with Crippen molar-refractivity contribution in [2.75, 3.05) is 43.4 Å². The molecule has 1 aliphatic rings. The van der Waals surface area contributed by atoms with E-state index in [1.807, 2.05) is 0 Å². The highest BCUT2D eigenvalue weighted by atomic mass is 127. The molecule has 0 saturated carbocycles. The number of hydrogen-bond acceptors (Lipinski definition) is 5. The normalized spacial score (nSPS) is 15.2. The van der Waals surface area contributed by atoms with Crippen LogP contribution in [0, 0.1) is 0 Å². The van der Waals surface area contributed by atoms with Crippen molar-refractivity contribution in [2.24, 2.45) is 4.99 Å². The summed E-state index contributed by atoms with van der Waals surface area (Å²) in [7, 11) is 1.67. The summed E-state index contributed by atoms with van der Waals surface area (Å²) in [4.78, 5) is 13.9. The van der Waals surface area contributed by atoms with Gasteiger partial charge in [-0.15, -0.1) is 24.0 Å². The largest absolute Gasteiger partial charge is 0.433 e. The van der Waals surface area contributed by atoms with Gasteiger partial charge in [-0.25, -0.2) is 9.97 Å². The number of anilines is 2. The van der Waals surface area contributed by atoms with E-state index in [0.717, 1.165) is 30.9 Å². The molecule has 0 radical (unpaired) electrons. The topological polar surface area (TPSA) is 77.5 Å². The van der Waals surface area contributed by atoms with Crippen LogP contribution in [-0.4, -0.2) is 49.2 Å². The maximum absolute atomic E-state index is 12.7. The molecule has 0 aliphatic carbocycles. The molecule has 1 unspecified atom stereocenters. The Hall–Kier alpha value is -2.31. The second-order valence-electron chi connectivity index (χ2n) is 7.34. The van der Waals surface area contributed by atoms with E-state index in [1.165, 1.54) is 18.5 Å². The lowest BCUT2D eigenvalue weighted by molar-refractivity contribution is -0.141. The van der Waals surface area contributed by atoms with E-state index in [4.69, 9.17) is 0 Å². The minimum atomic E-state index is -4.49. The minimum Gasteiger partial charge on any atom is -0.372 e. The molecule has 0 amide bonds. The smallest absolute Gasteiger partial charge is 0.372 e. The summed E-state index contributed by atoms with van der Waals surface area (Å²) in [5.41, 5.74) is 1.42. The fourth-order valence-corrected chi connectivity index (χ4v) is 3.41. The molecule has 3 N–H and O–H groups in total. The van der Waals surface area contributed by atoms with Crippen molar-refractivity contribution >= 4 is 41.6 Å². The summed E-state index contributed by atoms with van der Waals surface area (Å²) >= 11 is 0. The highest BCUT2D eigenvalue weighted by molar-refractivity contribution is 14.0. The van der Waals surface area contributed by atoms with Gasteiger partial charge >= 0.3 is 6.18 Å². The highest BCUT2D eigenvalue weighted by Crippen LogP contribution is 2.27. The molecule has 1 fully saturated rings. The molecule has 1 aliphatic heterocycles. The first-order chi connectivity index (χ1) is 14.9. The van der Waals surface area contributed by atoms with Gasteiger partial charge in [0.25, 0.3) is 0 Å². The number of hydrogen-bond donors (Lipinski definition) is 3. The van der Waals surface area contributed by atoms with Gasteiger partial charge in [-0.3, -0.25) is 4.99 Å². The Morgan fingerprint density at radius 1 is 1.19 bits per heavy atom. The summed E-state index contributed by atoms with van der Waals surface area (Å²) in [6.07, 6.45) is -0.946. The summed E-state index contributed by atoms with van der Waals surface area (Å²) < 4.78 is 38.2. The Morgan fingerprint density at radius 2 is 1.94 bits per heavy atom. The number of nitrogens with one attached hydrogen (secondary N) is 3. The van der Waals surface area contributed by atoms with Crippen LogP contribution in [0.3, 0.4) is 0 Å². The van der Waals surface area contributed by atoms with Crippen LogP contribution in [0.25, 0.3) is 0 Å². The Morgan fingerprint density at radius 3 is 2.62 bits per heavy atom. The fourth-order valence-electron chi connectivity index (χ4n) is 3.41. The van der Waals surface area contributed by atoms with Crippen LogP contribution < -0.4 is 20.9 Å². The van der Waals surface area contributed by atoms with Crippen molar-refractivity contribution in [1.82, 2.24) is 20.6 Å². The van der Waals surface area contributed by atoms with E-state index in [2.05, 4.69) is 67.0 Å². The zero-order valence-corrected chi connectivity index (χ0v) is 20.4. The molecule has 1 aromatic carbocycles. The van der Waals surface area contributed by atoms with Gasteiger partial charge < -0.3 is 20.9 Å². The molecule has 32 heavy (non-hydrogen) atoms. The molecule has 1 saturated heterocycles. The predicted molar refractivity (Wildman–Crippen MR) is 132 cm³/mol. The van der Waals surface area contributed by atoms with Crippen molar-refractivity contribution in [3.63, 3.8) is 0 Å². The number of benzene rings is 1. The molecule has 1 aromatic heterocycles. The Bertz CT molecular complexity index is 886.